The third-order valence-corrected chi connectivity index (χ3v) is 2.68. The van der Waals surface area contributed by atoms with Gasteiger partial charge in [-0.2, -0.15) is 0 Å². The largest absolute Gasteiger partial charge is 0.329 e. The normalized spacial score (nSPS) is 10.9. The zero-order valence-corrected chi connectivity index (χ0v) is 10.2. The van der Waals surface area contributed by atoms with Crippen molar-refractivity contribution in [2.75, 3.05) is 26.2 Å². The number of hydrogen-bond donors (Lipinski definition) is 1. The zero-order valence-electron chi connectivity index (χ0n) is 10.2. The Bertz CT molecular complexity index is 261. The Kier molecular flexibility index (Phi) is 6.77. The molecule has 2 N–H and O–H groups in total. The zero-order chi connectivity index (χ0) is 11.6. The molecule has 0 amide bonds. The van der Waals surface area contributed by atoms with Crippen LogP contribution in [0.1, 0.15) is 25.5 Å². The summed E-state index contributed by atoms with van der Waals surface area (Å²) in [6.45, 7) is 6.17. The molecule has 0 aliphatic carbocycles. The van der Waals surface area contributed by atoms with Gasteiger partial charge in [0.2, 0.25) is 0 Å². The molecule has 1 aromatic rings. The van der Waals surface area contributed by atoms with Gasteiger partial charge < -0.3 is 10.6 Å². The van der Waals surface area contributed by atoms with Crippen LogP contribution >= 0.6 is 0 Å². The maximum atomic E-state index is 5.61. The molecule has 90 valence electrons. The number of pyridine rings is 1. The van der Waals surface area contributed by atoms with Crippen LogP contribution in [0.3, 0.4) is 0 Å². The van der Waals surface area contributed by atoms with Crippen molar-refractivity contribution >= 4 is 0 Å². The van der Waals surface area contributed by atoms with E-state index in [4.69, 9.17) is 5.73 Å². The van der Waals surface area contributed by atoms with Gasteiger partial charge in [-0.3, -0.25) is 4.98 Å². The fraction of sp³-hybridized carbons (Fsp3) is 0.615. The van der Waals surface area contributed by atoms with Gasteiger partial charge in [-0.25, -0.2) is 0 Å². The van der Waals surface area contributed by atoms with E-state index in [1.54, 1.807) is 0 Å². The molecule has 0 spiro atoms. The fourth-order valence-corrected chi connectivity index (χ4v) is 1.72. The molecule has 0 saturated carbocycles. The van der Waals surface area contributed by atoms with Gasteiger partial charge in [-0.1, -0.05) is 19.4 Å². The van der Waals surface area contributed by atoms with Gasteiger partial charge in [-0.05, 0) is 25.1 Å². The number of hydrogen-bond acceptors (Lipinski definition) is 3. The quantitative estimate of drug-likeness (QED) is 0.726. The van der Waals surface area contributed by atoms with Crippen LogP contribution in [0.25, 0.3) is 0 Å². The maximum Gasteiger partial charge on any atom is 0.0416 e. The lowest BCUT2D eigenvalue weighted by molar-refractivity contribution is 0.279. The summed E-state index contributed by atoms with van der Waals surface area (Å²) in [5.41, 5.74) is 6.78. The predicted molar refractivity (Wildman–Crippen MR) is 68.3 cm³/mol. The minimum absolute atomic E-state index is 0.742. The standard InChI is InChI=1S/C13H23N3/c1-2-3-10-16(12-8-14)11-7-13-6-4-5-9-15-13/h4-6,9H,2-3,7-8,10-12,14H2,1H3. The van der Waals surface area contributed by atoms with Crippen molar-refractivity contribution in [3.63, 3.8) is 0 Å². The second-order valence-corrected chi connectivity index (χ2v) is 4.05. The van der Waals surface area contributed by atoms with Gasteiger partial charge in [0, 0.05) is 37.9 Å². The second-order valence-electron chi connectivity index (χ2n) is 4.05. The number of nitrogens with two attached hydrogens (primary N) is 1. The molecule has 0 aromatic carbocycles. The Labute approximate surface area is 98.7 Å². The smallest absolute Gasteiger partial charge is 0.0416 e. The number of aromatic nitrogens is 1. The molecule has 0 saturated heterocycles. The van der Waals surface area contributed by atoms with Crippen molar-refractivity contribution in [1.82, 2.24) is 9.88 Å². The molecule has 1 rings (SSSR count). The first-order valence-electron chi connectivity index (χ1n) is 6.19. The third-order valence-electron chi connectivity index (χ3n) is 2.68. The van der Waals surface area contributed by atoms with E-state index in [0.717, 1.165) is 32.6 Å². The van der Waals surface area contributed by atoms with Crippen molar-refractivity contribution in [3.8, 4) is 0 Å². The lowest BCUT2D eigenvalue weighted by Crippen LogP contribution is -2.32. The lowest BCUT2D eigenvalue weighted by Gasteiger charge is -2.20. The molecule has 3 heteroatoms. The van der Waals surface area contributed by atoms with Gasteiger partial charge in [0.25, 0.3) is 0 Å². The molecule has 1 aromatic heterocycles. The van der Waals surface area contributed by atoms with Crippen molar-refractivity contribution < 1.29 is 0 Å². The van der Waals surface area contributed by atoms with Crippen LogP contribution in [-0.4, -0.2) is 36.1 Å². The summed E-state index contributed by atoms with van der Waals surface area (Å²) in [4.78, 5) is 6.76. The fourth-order valence-electron chi connectivity index (χ4n) is 1.72. The number of rotatable bonds is 8. The summed E-state index contributed by atoms with van der Waals surface area (Å²) < 4.78 is 0. The summed E-state index contributed by atoms with van der Waals surface area (Å²) in [6.07, 6.45) is 5.37. The molecule has 0 aliphatic heterocycles. The van der Waals surface area contributed by atoms with Crippen molar-refractivity contribution in [3.05, 3.63) is 30.1 Å². The van der Waals surface area contributed by atoms with E-state index in [-0.39, 0.29) is 0 Å². The van der Waals surface area contributed by atoms with Crippen LogP contribution in [0.2, 0.25) is 0 Å². The van der Waals surface area contributed by atoms with Crippen LogP contribution in [-0.2, 0) is 6.42 Å². The summed E-state index contributed by atoms with van der Waals surface area (Å²) >= 11 is 0. The molecule has 0 fully saturated rings. The highest BCUT2D eigenvalue weighted by Crippen LogP contribution is 1.99. The SMILES string of the molecule is CCCCN(CCN)CCc1ccccn1. The molecule has 1 heterocycles. The summed E-state index contributed by atoms with van der Waals surface area (Å²) in [5.74, 6) is 0. The topological polar surface area (TPSA) is 42.1 Å². The molecule has 0 radical (unpaired) electrons. The highest BCUT2D eigenvalue weighted by Gasteiger charge is 2.03. The molecule has 0 atom stereocenters. The molecule has 16 heavy (non-hydrogen) atoms. The minimum atomic E-state index is 0.742. The van der Waals surface area contributed by atoms with Crippen LogP contribution in [0.4, 0.5) is 0 Å². The van der Waals surface area contributed by atoms with Crippen LogP contribution in [0.15, 0.2) is 24.4 Å². The first kappa shape index (κ1) is 13.1. The average molecular weight is 221 g/mol. The molecule has 3 nitrogen and oxygen atoms in total. The number of nitrogens with zero attached hydrogens (tertiary/aromatic N) is 2. The summed E-state index contributed by atoms with van der Waals surface area (Å²) in [5, 5.41) is 0. The third kappa shape index (κ3) is 5.24. The summed E-state index contributed by atoms with van der Waals surface area (Å²) in [6, 6.07) is 6.08. The Morgan fingerprint density at radius 1 is 1.25 bits per heavy atom. The van der Waals surface area contributed by atoms with Crippen molar-refractivity contribution in [2.24, 2.45) is 5.73 Å². The number of unbranched alkanes of at least 4 members (excludes halogenated alkanes) is 1. The molecular formula is C13H23N3. The van der Waals surface area contributed by atoms with Crippen LogP contribution < -0.4 is 5.73 Å². The van der Waals surface area contributed by atoms with Gasteiger partial charge in [0.05, 0.1) is 0 Å². The maximum absolute atomic E-state index is 5.61. The first-order chi connectivity index (χ1) is 7.86. The average Bonchev–Trinajstić information content (AvgIpc) is 2.34. The minimum Gasteiger partial charge on any atom is -0.329 e. The highest BCUT2D eigenvalue weighted by molar-refractivity contribution is 5.03. The molecule has 0 unspecified atom stereocenters. The van der Waals surface area contributed by atoms with Crippen molar-refractivity contribution in [1.29, 1.82) is 0 Å². The Balaban J connectivity index is 2.31. The van der Waals surface area contributed by atoms with Crippen LogP contribution in [0, 0.1) is 0 Å². The van der Waals surface area contributed by atoms with Crippen molar-refractivity contribution in [2.45, 2.75) is 26.2 Å². The van der Waals surface area contributed by atoms with E-state index in [2.05, 4.69) is 22.9 Å². The molecule has 0 bridgehead atoms. The van der Waals surface area contributed by atoms with Gasteiger partial charge in [0.15, 0.2) is 0 Å². The highest BCUT2D eigenvalue weighted by atomic mass is 15.1. The molecular weight excluding hydrogens is 198 g/mol. The lowest BCUT2D eigenvalue weighted by atomic mass is 10.2. The van der Waals surface area contributed by atoms with E-state index < -0.39 is 0 Å². The van der Waals surface area contributed by atoms with Crippen LogP contribution in [0.5, 0.6) is 0 Å². The Morgan fingerprint density at radius 2 is 2.12 bits per heavy atom. The second kappa shape index (κ2) is 8.25. The van der Waals surface area contributed by atoms with Gasteiger partial charge in [-0.15, -0.1) is 0 Å². The molecule has 0 aliphatic rings. The first-order valence-corrected chi connectivity index (χ1v) is 6.19. The monoisotopic (exact) mass is 221 g/mol. The van der Waals surface area contributed by atoms with Gasteiger partial charge in [0.1, 0.15) is 0 Å². The van der Waals surface area contributed by atoms with E-state index in [1.807, 2.05) is 18.3 Å². The van der Waals surface area contributed by atoms with E-state index in [9.17, 15) is 0 Å². The van der Waals surface area contributed by atoms with Gasteiger partial charge >= 0.3 is 0 Å². The van der Waals surface area contributed by atoms with E-state index in [1.165, 1.54) is 18.5 Å². The van der Waals surface area contributed by atoms with E-state index >= 15 is 0 Å². The Hall–Kier alpha value is -0.930. The van der Waals surface area contributed by atoms with E-state index in [0.29, 0.717) is 0 Å². The Morgan fingerprint density at radius 3 is 2.75 bits per heavy atom. The predicted octanol–water partition coefficient (Wildman–Crippen LogP) is 1.68. The summed E-state index contributed by atoms with van der Waals surface area (Å²) in [7, 11) is 0.